The highest BCUT2D eigenvalue weighted by atomic mass is 16.2. The van der Waals surface area contributed by atoms with Crippen LogP contribution in [-0.4, -0.2) is 21.8 Å². The van der Waals surface area contributed by atoms with Crippen LogP contribution in [0.4, 0.5) is 23.0 Å². The fourth-order valence-electron chi connectivity index (χ4n) is 2.85. The zero-order chi connectivity index (χ0) is 20.8. The largest absolute Gasteiger partial charge is 0.326 e. The number of carbonyl (C=O) groups excluding carboxylic acids is 2. The Bertz CT molecular complexity index is 1030. The molecule has 1 heterocycles. The SMILES string of the molecule is CC(=O)Nc1cccc(NC(=O)c2ccnc(Nc3ccccc3C(C)C)n2)c1. The first-order valence-electron chi connectivity index (χ1n) is 9.30. The van der Waals surface area contributed by atoms with Gasteiger partial charge in [0.05, 0.1) is 0 Å². The number of rotatable bonds is 6. The summed E-state index contributed by atoms with van der Waals surface area (Å²) < 4.78 is 0. The van der Waals surface area contributed by atoms with E-state index in [2.05, 4.69) is 39.8 Å². The molecule has 3 rings (SSSR count). The smallest absolute Gasteiger partial charge is 0.274 e. The number of para-hydroxylation sites is 1. The molecule has 0 spiro atoms. The Balaban J connectivity index is 1.76. The summed E-state index contributed by atoms with van der Waals surface area (Å²) in [7, 11) is 0. The van der Waals surface area contributed by atoms with Gasteiger partial charge in [-0.15, -0.1) is 0 Å². The van der Waals surface area contributed by atoms with Crippen molar-refractivity contribution in [1.29, 1.82) is 0 Å². The van der Waals surface area contributed by atoms with Gasteiger partial charge in [-0.1, -0.05) is 38.1 Å². The highest BCUT2D eigenvalue weighted by molar-refractivity contribution is 6.03. The van der Waals surface area contributed by atoms with Gasteiger partial charge in [0, 0.05) is 30.2 Å². The Hall–Kier alpha value is -3.74. The van der Waals surface area contributed by atoms with Crippen LogP contribution in [0.2, 0.25) is 0 Å². The molecule has 29 heavy (non-hydrogen) atoms. The van der Waals surface area contributed by atoms with E-state index < -0.39 is 0 Å². The fraction of sp³-hybridized carbons (Fsp3) is 0.182. The van der Waals surface area contributed by atoms with Crippen molar-refractivity contribution in [1.82, 2.24) is 9.97 Å². The topological polar surface area (TPSA) is 96.0 Å². The molecular formula is C22H23N5O2. The average Bonchev–Trinajstić information content (AvgIpc) is 2.68. The van der Waals surface area contributed by atoms with Crippen LogP contribution in [0.25, 0.3) is 0 Å². The third-order valence-corrected chi connectivity index (χ3v) is 4.16. The minimum Gasteiger partial charge on any atom is -0.326 e. The highest BCUT2D eigenvalue weighted by Crippen LogP contribution is 2.25. The van der Waals surface area contributed by atoms with Crippen molar-refractivity contribution in [3.05, 3.63) is 72.1 Å². The van der Waals surface area contributed by atoms with Crippen LogP contribution in [-0.2, 0) is 4.79 Å². The Morgan fingerprint density at radius 1 is 0.931 bits per heavy atom. The molecule has 7 nitrogen and oxygen atoms in total. The van der Waals surface area contributed by atoms with Gasteiger partial charge in [0.2, 0.25) is 11.9 Å². The van der Waals surface area contributed by atoms with Crippen molar-refractivity contribution >= 4 is 34.8 Å². The Labute approximate surface area is 169 Å². The van der Waals surface area contributed by atoms with Gasteiger partial charge in [-0.05, 0) is 41.8 Å². The molecule has 3 aromatic rings. The lowest BCUT2D eigenvalue weighted by Crippen LogP contribution is -2.15. The number of carbonyl (C=O) groups is 2. The van der Waals surface area contributed by atoms with Crippen LogP contribution < -0.4 is 16.0 Å². The first-order chi connectivity index (χ1) is 13.9. The van der Waals surface area contributed by atoms with E-state index >= 15 is 0 Å². The molecule has 7 heteroatoms. The third-order valence-electron chi connectivity index (χ3n) is 4.16. The Kier molecular flexibility index (Phi) is 6.19. The molecule has 0 saturated heterocycles. The maximum atomic E-state index is 12.6. The van der Waals surface area contributed by atoms with E-state index in [0.717, 1.165) is 11.3 Å². The molecule has 2 aromatic carbocycles. The summed E-state index contributed by atoms with van der Waals surface area (Å²) in [5, 5.41) is 8.66. The summed E-state index contributed by atoms with van der Waals surface area (Å²) in [6, 6.07) is 16.4. The molecule has 0 saturated carbocycles. The third kappa shape index (κ3) is 5.38. The van der Waals surface area contributed by atoms with E-state index in [-0.39, 0.29) is 17.5 Å². The molecule has 0 aliphatic rings. The van der Waals surface area contributed by atoms with E-state index in [0.29, 0.717) is 23.2 Å². The number of aromatic nitrogens is 2. The highest BCUT2D eigenvalue weighted by Gasteiger charge is 2.12. The molecule has 2 amide bonds. The molecule has 148 valence electrons. The minimum atomic E-state index is -0.368. The first kappa shape index (κ1) is 20.0. The lowest BCUT2D eigenvalue weighted by Gasteiger charge is -2.14. The van der Waals surface area contributed by atoms with Crippen molar-refractivity contribution < 1.29 is 9.59 Å². The predicted molar refractivity (Wildman–Crippen MR) is 115 cm³/mol. The molecule has 0 radical (unpaired) electrons. The molecule has 0 aliphatic heterocycles. The normalized spacial score (nSPS) is 10.5. The van der Waals surface area contributed by atoms with E-state index in [1.807, 2.05) is 24.3 Å². The van der Waals surface area contributed by atoms with Gasteiger partial charge in [-0.3, -0.25) is 9.59 Å². The molecule has 0 bridgehead atoms. The molecule has 0 aliphatic carbocycles. The van der Waals surface area contributed by atoms with E-state index in [1.54, 1.807) is 30.3 Å². The monoisotopic (exact) mass is 389 g/mol. The number of nitrogens with one attached hydrogen (secondary N) is 3. The number of hydrogen-bond donors (Lipinski definition) is 3. The second-order valence-corrected chi connectivity index (χ2v) is 6.85. The van der Waals surface area contributed by atoms with E-state index in [9.17, 15) is 9.59 Å². The van der Waals surface area contributed by atoms with Gasteiger partial charge < -0.3 is 16.0 Å². The molecule has 0 fully saturated rings. The minimum absolute atomic E-state index is 0.179. The number of nitrogens with zero attached hydrogens (tertiary/aromatic N) is 2. The summed E-state index contributed by atoms with van der Waals surface area (Å²) >= 11 is 0. The van der Waals surface area contributed by atoms with Gasteiger partial charge in [0.1, 0.15) is 5.69 Å². The van der Waals surface area contributed by atoms with Crippen molar-refractivity contribution in [2.75, 3.05) is 16.0 Å². The Morgan fingerprint density at radius 2 is 1.66 bits per heavy atom. The number of hydrogen-bond acceptors (Lipinski definition) is 5. The van der Waals surface area contributed by atoms with Gasteiger partial charge in [-0.25, -0.2) is 9.97 Å². The molecule has 0 unspecified atom stereocenters. The Morgan fingerprint density at radius 3 is 2.38 bits per heavy atom. The van der Waals surface area contributed by atoms with Gasteiger partial charge in [0.15, 0.2) is 0 Å². The molecule has 1 aromatic heterocycles. The van der Waals surface area contributed by atoms with Crippen molar-refractivity contribution in [3.8, 4) is 0 Å². The number of anilines is 4. The fourth-order valence-corrected chi connectivity index (χ4v) is 2.85. The molecule has 3 N–H and O–H groups in total. The zero-order valence-corrected chi connectivity index (χ0v) is 16.6. The van der Waals surface area contributed by atoms with Crippen molar-refractivity contribution in [3.63, 3.8) is 0 Å². The summed E-state index contributed by atoms with van der Waals surface area (Å²) in [5.41, 5.74) is 3.43. The first-order valence-corrected chi connectivity index (χ1v) is 9.30. The quantitative estimate of drug-likeness (QED) is 0.575. The standard InChI is InChI=1S/C22H23N5O2/c1-14(2)18-9-4-5-10-19(18)26-22-23-12-11-20(27-22)21(29)25-17-8-6-7-16(13-17)24-15(3)28/h4-14H,1-3H3,(H,24,28)(H,25,29)(H,23,26,27). The summed E-state index contributed by atoms with van der Waals surface area (Å²) in [5.74, 6) is 0.132. The summed E-state index contributed by atoms with van der Waals surface area (Å²) in [4.78, 5) is 32.4. The lowest BCUT2D eigenvalue weighted by molar-refractivity contribution is -0.114. The van der Waals surface area contributed by atoms with Crippen molar-refractivity contribution in [2.45, 2.75) is 26.7 Å². The average molecular weight is 389 g/mol. The lowest BCUT2D eigenvalue weighted by atomic mass is 10.0. The molecular weight excluding hydrogens is 366 g/mol. The van der Waals surface area contributed by atoms with E-state index in [4.69, 9.17) is 0 Å². The van der Waals surface area contributed by atoms with Crippen molar-refractivity contribution in [2.24, 2.45) is 0 Å². The van der Waals surface area contributed by atoms with Crippen LogP contribution in [0.3, 0.4) is 0 Å². The molecule has 0 atom stereocenters. The van der Waals surface area contributed by atoms with Crippen LogP contribution in [0.5, 0.6) is 0 Å². The second kappa shape index (κ2) is 8.97. The van der Waals surface area contributed by atoms with Gasteiger partial charge >= 0.3 is 0 Å². The van der Waals surface area contributed by atoms with Crippen LogP contribution >= 0.6 is 0 Å². The predicted octanol–water partition coefficient (Wildman–Crippen LogP) is 4.55. The summed E-state index contributed by atoms with van der Waals surface area (Å²) in [6.07, 6.45) is 1.54. The van der Waals surface area contributed by atoms with Gasteiger partial charge in [-0.2, -0.15) is 0 Å². The summed E-state index contributed by atoms with van der Waals surface area (Å²) in [6.45, 7) is 5.65. The van der Waals surface area contributed by atoms with E-state index in [1.165, 1.54) is 13.1 Å². The van der Waals surface area contributed by atoms with Gasteiger partial charge in [0.25, 0.3) is 5.91 Å². The maximum Gasteiger partial charge on any atom is 0.274 e. The number of amides is 2. The number of benzene rings is 2. The van der Waals surface area contributed by atoms with Crippen LogP contribution in [0, 0.1) is 0 Å². The zero-order valence-electron chi connectivity index (χ0n) is 16.6. The second-order valence-electron chi connectivity index (χ2n) is 6.85. The van der Waals surface area contributed by atoms with Crippen LogP contribution in [0.1, 0.15) is 42.7 Å². The van der Waals surface area contributed by atoms with Crippen LogP contribution in [0.15, 0.2) is 60.8 Å². The maximum absolute atomic E-state index is 12.6.